The maximum atomic E-state index is 11.6. The minimum atomic E-state index is -1.26. The molecule has 7 nitrogen and oxygen atoms in total. The van der Waals surface area contributed by atoms with Crippen molar-refractivity contribution in [2.75, 3.05) is 25.5 Å². The molecule has 1 rings (SSSR count). The Kier molecular flexibility index (Phi) is 4.50. The van der Waals surface area contributed by atoms with E-state index in [0.29, 0.717) is 0 Å². The van der Waals surface area contributed by atoms with E-state index in [1.807, 2.05) is 0 Å². The molecule has 1 aromatic carbocycles. The molecule has 0 aliphatic rings. The zero-order valence-corrected chi connectivity index (χ0v) is 9.75. The first-order chi connectivity index (χ1) is 8.45. The van der Waals surface area contributed by atoms with Crippen LogP contribution < -0.4 is 5.32 Å². The van der Waals surface area contributed by atoms with Crippen molar-refractivity contribution in [2.45, 2.75) is 0 Å². The van der Waals surface area contributed by atoms with Crippen LogP contribution in [0.4, 0.5) is 10.5 Å². The fraction of sp³-hybridized carbons (Fsp3) is 0.273. The molecule has 7 heteroatoms. The Bertz CT molecular complexity index is 461. The number of amides is 2. The first-order valence-electron chi connectivity index (χ1n) is 5.15. The molecule has 0 atom stereocenters. The summed E-state index contributed by atoms with van der Waals surface area (Å²) in [5.41, 5.74) is -0.129. The first kappa shape index (κ1) is 13.8. The lowest BCUT2D eigenvalue weighted by Crippen LogP contribution is -2.33. The molecule has 0 saturated heterocycles. The molecule has 18 heavy (non-hydrogen) atoms. The molecule has 0 saturated carbocycles. The van der Waals surface area contributed by atoms with Gasteiger partial charge in [-0.1, -0.05) is 0 Å². The zero-order valence-electron chi connectivity index (χ0n) is 9.75. The molecule has 0 radical (unpaired) electrons. The molecular weight excluding hydrogens is 240 g/mol. The van der Waals surface area contributed by atoms with E-state index in [-0.39, 0.29) is 30.2 Å². The molecule has 4 N–H and O–H groups in total. The molecule has 0 aliphatic carbocycles. The van der Waals surface area contributed by atoms with Gasteiger partial charge in [-0.2, -0.15) is 0 Å². The number of nitrogens with zero attached hydrogens (tertiary/aromatic N) is 1. The van der Waals surface area contributed by atoms with Gasteiger partial charge in [0, 0.05) is 13.6 Å². The Morgan fingerprint density at radius 2 is 2.06 bits per heavy atom. The molecular formula is C11H14N2O5. The van der Waals surface area contributed by atoms with Crippen molar-refractivity contribution in [3.05, 3.63) is 23.8 Å². The number of urea groups is 1. The molecule has 0 spiro atoms. The first-order valence-corrected chi connectivity index (χ1v) is 5.15. The number of nitrogens with one attached hydrogen (secondary N) is 1. The summed E-state index contributed by atoms with van der Waals surface area (Å²) in [4.78, 5) is 23.8. The Morgan fingerprint density at radius 3 is 2.61 bits per heavy atom. The zero-order chi connectivity index (χ0) is 13.7. The van der Waals surface area contributed by atoms with Crippen LogP contribution in [-0.2, 0) is 0 Å². The minimum Gasteiger partial charge on any atom is -0.508 e. The number of anilines is 1. The van der Waals surface area contributed by atoms with Crippen molar-refractivity contribution >= 4 is 17.7 Å². The average Bonchev–Trinajstić information content (AvgIpc) is 2.31. The SMILES string of the molecule is CN(CCO)C(=O)Nc1ccc(O)cc1C(=O)O. The Hall–Kier alpha value is -2.28. The van der Waals surface area contributed by atoms with Crippen molar-refractivity contribution in [1.82, 2.24) is 4.90 Å². The average molecular weight is 254 g/mol. The third-order valence-electron chi connectivity index (χ3n) is 2.26. The quantitative estimate of drug-likeness (QED) is 0.586. The lowest BCUT2D eigenvalue weighted by molar-refractivity contribution is 0.0697. The number of hydrogen-bond acceptors (Lipinski definition) is 4. The van der Waals surface area contributed by atoms with Crippen LogP contribution in [-0.4, -0.2) is 52.4 Å². The number of carboxylic acid groups (broad SMARTS) is 1. The van der Waals surface area contributed by atoms with Gasteiger partial charge in [-0.15, -0.1) is 0 Å². The standard InChI is InChI=1S/C11H14N2O5/c1-13(4-5-14)11(18)12-9-3-2-7(15)6-8(9)10(16)17/h2-3,6,14-15H,4-5H2,1H3,(H,12,18)(H,16,17). The molecule has 0 aromatic heterocycles. The second kappa shape index (κ2) is 5.87. The molecule has 2 amide bonds. The van der Waals surface area contributed by atoms with Crippen molar-refractivity contribution in [1.29, 1.82) is 0 Å². The third-order valence-corrected chi connectivity index (χ3v) is 2.26. The van der Waals surface area contributed by atoms with Gasteiger partial charge in [0.25, 0.3) is 0 Å². The van der Waals surface area contributed by atoms with Crippen molar-refractivity contribution in [3.8, 4) is 5.75 Å². The number of phenols is 1. The Morgan fingerprint density at radius 1 is 1.39 bits per heavy atom. The number of aromatic hydroxyl groups is 1. The van der Waals surface area contributed by atoms with Gasteiger partial charge in [-0.05, 0) is 18.2 Å². The summed E-state index contributed by atoms with van der Waals surface area (Å²) in [6.07, 6.45) is 0. The van der Waals surface area contributed by atoms with Gasteiger partial charge in [0.15, 0.2) is 0 Å². The summed E-state index contributed by atoms with van der Waals surface area (Å²) < 4.78 is 0. The summed E-state index contributed by atoms with van der Waals surface area (Å²) in [7, 11) is 1.46. The van der Waals surface area contributed by atoms with E-state index >= 15 is 0 Å². The van der Waals surface area contributed by atoms with Crippen LogP contribution in [0.25, 0.3) is 0 Å². The number of benzene rings is 1. The van der Waals surface area contributed by atoms with E-state index in [9.17, 15) is 14.7 Å². The monoisotopic (exact) mass is 254 g/mol. The van der Waals surface area contributed by atoms with Gasteiger partial charge in [-0.3, -0.25) is 0 Å². The molecule has 0 unspecified atom stereocenters. The number of aliphatic hydroxyl groups is 1. The van der Waals surface area contributed by atoms with Crippen molar-refractivity contribution in [3.63, 3.8) is 0 Å². The van der Waals surface area contributed by atoms with E-state index in [1.54, 1.807) is 0 Å². The van der Waals surface area contributed by atoms with Gasteiger partial charge in [-0.25, -0.2) is 9.59 Å². The Balaban J connectivity index is 2.90. The van der Waals surface area contributed by atoms with Crippen molar-refractivity contribution in [2.24, 2.45) is 0 Å². The minimum absolute atomic E-state index is 0.0788. The Labute approximate surface area is 103 Å². The molecule has 1 aromatic rings. The van der Waals surface area contributed by atoms with Gasteiger partial charge in [0.05, 0.1) is 17.9 Å². The highest BCUT2D eigenvalue weighted by molar-refractivity contribution is 6.00. The molecule has 98 valence electrons. The van der Waals surface area contributed by atoms with E-state index in [1.165, 1.54) is 24.1 Å². The lowest BCUT2D eigenvalue weighted by Gasteiger charge is -2.17. The van der Waals surface area contributed by atoms with Crippen LogP contribution in [0.2, 0.25) is 0 Å². The largest absolute Gasteiger partial charge is 0.508 e. The lowest BCUT2D eigenvalue weighted by atomic mass is 10.1. The maximum Gasteiger partial charge on any atom is 0.337 e. The van der Waals surface area contributed by atoms with Crippen LogP contribution in [0.1, 0.15) is 10.4 Å². The highest BCUT2D eigenvalue weighted by Crippen LogP contribution is 2.21. The summed E-state index contributed by atoms with van der Waals surface area (Å²) in [5, 5.41) is 29.2. The van der Waals surface area contributed by atoms with Gasteiger partial charge >= 0.3 is 12.0 Å². The predicted octanol–water partition coefficient (Wildman–Crippen LogP) is 0.546. The predicted molar refractivity (Wildman–Crippen MR) is 63.8 cm³/mol. The van der Waals surface area contributed by atoms with Crippen LogP contribution >= 0.6 is 0 Å². The van der Waals surface area contributed by atoms with Crippen LogP contribution in [0.5, 0.6) is 5.75 Å². The van der Waals surface area contributed by atoms with E-state index < -0.39 is 12.0 Å². The number of carboxylic acids is 1. The van der Waals surface area contributed by atoms with E-state index in [0.717, 1.165) is 6.07 Å². The summed E-state index contributed by atoms with van der Waals surface area (Å²) in [6, 6.07) is 3.07. The molecule has 0 aliphatic heterocycles. The van der Waals surface area contributed by atoms with E-state index in [2.05, 4.69) is 5.32 Å². The number of aliphatic hydroxyl groups excluding tert-OH is 1. The molecule has 0 heterocycles. The smallest absolute Gasteiger partial charge is 0.337 e. The maximum absolute atomic E-state index is 11.6. The number of likely N-dealkylation sites (N-methyl/N-ethyl adjacent to an activating group) is 1. The topological polar surface area (TPSA) is 110 Å². The van der Waals surface area contributed by atoms with Gasteiger partial charge in [0.1, 0.15) is 5.75 Å². The number of phenolic OH excluding ortho intramolecular Hbond substituents is 1. The number of carbonyl (C=O) groups excluding carboxylic acids is 1. The van der Waals surface area contributed by atoms with Crippen LogP contribution in [0.15, 0.2) is 18.2 Å². The second-order valence-corrected chi connectivity index (χ2v) is 3.61. The highest BCUT2D eigenvalue weighted by atomic mass is 16.4. The summed E-state index contributed by atoms with van der Waals surface area (Å²) in [6.45, 7) is -0.0579. The third kappa shape index (κ3) is 3.36. The van der Waals surface area contributed by atoms with E-state index in [4.69, 9.17) is 10.2 Å². The number of rotatable bonds is 4. The molecule has 0 fully saturated rings. The number of hydrogen-bond donors (Lipinski definition) is 4. The summed E-state index contributed by atoms with van der Waals surface area (Å²) >= 11 is 0. The second-order valence-electron chi connectivity index (χ2n) is 3.61. The fourth-order valence-corrected chi connectivity index (χ4v) is 1.28. The molecule has 0 bridgehead atoms. The van der Waals surface area contributed by atoms with Gasteiger partial charge < -0.3 is 25.5 Å². The number of aromatic carboxylic acids is 1. The highest BCUT2D eigenvalue weighted by Gasteiger charge is 2.15. The summed E-state index contributed by atoms with van der Waals surface area (Å²) in [5.74, 6) is -1.46. The van der Waals surface area contributed by atoms with Crippen LogP contribution in [0, 0.1) is 0 Å². The number of carbonyl (C=O) groups is 2. The van der Waals surface area contributed by atoms with Crippen LogP contribution in [0.3, 0.4) is 0 Å². The normalized spacial score (nSPS) is 9.89. The van der Waals surface area contributed by atoms with Crippen molar-refractivity contribution < 1.29 is 24.9 Å². The van der Waals surface area contributed by atoms with Gasteiger partial charge in [0.2, 0.25) is 0 Å². The fourth-order valence-electron chi connectivity index (χ4n) is 1.28.